The summed E-state index contributed by atoms with van der Waals surface area (Å²) >= 11 is 0. The topological polar surface area (TPSA) is 72.4 Å². The van der Waals surface area contributed by atoms with Crippen LogP contribution in [0.15, 0.2) is 42.6 Å². The molecule has 2 N–H and O–H groups in total. The minimum Gasteiger partial charge on any atom is -0.384 e. The molecule has 1 fully saturated rings. The average molecular weight is 366 g/mol. The predicted molar refractivity (Wildman–Crippen MR) is 108 cm³/mol. The Kier molecular flexibility index (Phi) is 4.85. The Balaban J connectivity index is 1.72. The normalized spacial score (nSPS) is 18.1. The van der Waals surface area contributed by atoms with Crippen LogP contribution in [0.25, 0.3) is 11.4 Å². The van der Waals surface area contributed by atoms with Crippen LogP contribution in [0.4, 0.5) is 11.6 Å². The van der Waals surface area contributed by atoms with Crippen LogP contribution in [-0.2, 0) is 4.74 Å². The third-order valence-electron chi connectivity index (χ3n) is 5.25. The highest BCUT2D eigenvalue weighted by Gasteiger charge is 2.24. The Morgan fingerprint density at radius 1 is 1.22 bits per heavy atom. The smallest absolute Gasteiger partial charge is 0.151 e. The first-order valence-electron chi connectivity index (χ1n) is 9.34. The van der Waals surface area contributed by atoms with Gasteiger partial charge in [0.25, 0.3) is 0 Å². The molecule has 0 bridgehead atoms. The molecular formula is C20H26N6O. The zero-order valence-corrected chi connectivity index (χ0v) is 15.9. The molecule has 4 heterocycles. The van der Waals surface area contributed by atoms with E-state index in [1.54, 1.807) is 13.3 Å². The van der Waals surface area contributed by atoms with Crippen molar-refractivity contribution in [3.63, 3.8) is 0 Å². The molecule has 4 rings (SSSR count). The summed E-state index contributed by atoms with van der Waals surface area (Å²) in [5.74, 6) is 1.49. The maximum Gasteiger partial charge on any atom is 0.151 e. The average Bonchev–Trinajstić information content (AvgIpc) is 3.14. The number of rotatable bonds is 4. The van der Waals surface area contributed by atoms with Gasteiger partial charge in [0.15, 0.2) is 5.82 Å². The summed E-state index contributed by atoms with van der Waals surface area (Å²) in [5, 5.41) is 4.92. The van der Waals surface area contributed by atoms with Crippen LogP contribution in [0.2, 0.25) is 0 Å². The van der Waals surface area contributed by atoms with Crippen molar-refractivity contribution in [2.45, 2.75) is 18.9 Å². The second-order valence-corrected chi connectivity index (χ2v) is 7.02. The van der Waals surface area contributed by atoms with Gasteiger partial charge < -0.3 is 20.3 Å². The Hall–Kier alpha value is -2.80. The number of likely N-dealkylation sites (N-methyl/N-ethyl adjacent to an activating group) is 1. The van der Waals surface area contributed by atoms with Crippen molar-refractivity contribution < 1.29 is 4.74 Å². The van der Waals surface area contributed by atoms with Crippen molar-refractivity contribution in [1.82, 2.24) is 19.7 Å². The molecule has 0 spiro atoms. The molecule has 27 heavy (non-hydrogen) atoms. The van der Waals surface area contributed by atoms with Gasteiger partial charge in [-0.15, -0.1) is 5.10 Å². The summed E-state index contributed by atoms with van der Waals surface area (Å²) < 4.78 is 7.46. The largest absolute Gasteiger partial charge is 0.384 e. The van der Waals surface area contributed by atoms with E-state index < -0.39 is 0 Å². The minimum atomic E-state index is 0.349. The van der Waals surface area contributed by atoms with Crippen molar-refractivity contribution in [1.29, 1.82) is 0 Å². The van der Waals surface area contributed by atoms with E-state index in [1.165, 1.54) is 0 Å². The summed E-state index contributed by atoms with van der Waals surface area (Å²) in [6, 6.07) is 5.94. The third kappa shape index (κ3) is 3.55. The molecular weight excluding hydrogens is 340 g/mol. The quantitative estimate of drug-likeness (QED) is 0.895. The van der Waals surface area contributed by atoms with Gasteiger partial charge in [0, 0.05) is 39.9 Å². The first kappa shape index (κ1) is 17.6. The van der Waals surface area contributed by atoms with Gasteiger partial charge in [0.05, 0.1) is 29.4 Å². The van der Waals surface area contributed by atoms with Crippen molar-refractivity contribution >= 4 is 17.3 Å². The lowest BCUT2D eigenvalue weighted by atomic mass is 10.1. The predicted octanol–water partition coefficient (Wildman–Crippen LogP) is 2.31. The monoisotopic (exact) mass is 366 g/mol. The zero-order chi connectivity index (χ0) is 18.8. The first-order chi connectivity index (χ1) is 13.2. The molecule has 0 aromatic carbocycles. The van der Waals surface area contributed by atoms with Crippen molar-refractivity contribution in [2.75, 3.05) is 44.4 Å². The molecule has 0 radical (unpaired) electrons. The van der Waals surface area contributed by atoms with Crippen molar-refractivity contribution in [2.24, 2.45) is 0 Å². The van der Waals surface area contributed by atoms with Crippen LogP contribution < -0.4 is 10.6 Å². The number of piperidine rings is 1. The number of aromatic nitrogens is 3. The van der Waals surface area contributed by atoms with Gasteiger partial charge in [-0.1, -0.05) is 12.2 Å². The number of nitrogens with zero attached hydrogens (tertiary/aromatic N) is 5. The maximum atomic E-state index is 5.77. The molecule has 1 saturated heterocycles. The van der Waals surface area contributed by atoms with Gasteiger partial charge in [-0.25, -0.2) is 9.67 Å². The van der Waals surface area contributed by atoms with E-state index in [1.807, 2.05) is 16.8 Å². The Labute approximate surface area is 159 Å². The lowest BCUT2D eigenvalue weighted by molar-refractivity contribution is 0.0818. The molecule has 2 aliphatic heterocycles. The van der Waals surface area contributed by atoms with E-state index in [2.05, 4.69) is 46.1 Å². The molecule has 2 aromatic rings. The number of nitrogen functional groups attached to an aromatic ring is 1. The van der Waals surface area contributed by atoms with Gasteiger partial charge >= 0.3 is 0 Å². The fraction of sp³-hybridized carbons (Fsp3) is 0.400. The lowest BCUT2D eigenvalue weighted by Gasteiger charge is -2.31. The van der Waals surface area contributed by atoms with Gasteiger partial charge in [-0.2, -0.15) is 0 Å². The lowest BCUT2D eigenvalue weighted by Crippen LogP contribution is -2.36. The van der Waals surface area contributed by atoms with Crippen LogP contribution in [0.1, 0.15) is 18.5 Å². The van der Waals surface area contributed by atoms with Crippen molar-refractivity contribution in [3.8, 4) is 5.69 Å². The summed E-state index contributed by atoms with van der Waals surface area (Å²) in [4.78, 5) is 8.80. The molecule has 142 valence electrons. The van der Waals surface area contributed by atoms with Crippen LogP contribution in [0.5, 0.6) is 0 Å². The van der Waals surface area contributed by atoms with E-state index in [9.17, 15) is 0 Å². The number of anilines is 2. The molecule has 7 nitrogen and oxygen atoms in total. The van der Waals surface area contributed by atoms with Crippen LogP contribution >= 0.6 is 0 Å². The zero-order valence-electron chi connectivity index (χ0n) is 15.9. The second-order valence-electron chi connectivity index (χ2n) is 7.02. The maximum absolute atomic E-state index is 5.77. The third-order valence-corrected chi connectivity index (χ3v) is 5.25. The molecule has 2 aromatic heterocycles. The molecule has 0 unspecified atom stereocenters. The summed E-state index contributed by atoms with van der Waals surface area (Å²) in [5.41, 5.74) is 8.86. The fourth-order valence-electron chi connectivity index (χ4n) is 3.63. The van der Waals surface area contributed by atoms with E-state index in [0.29, 0.717) is 11.9 Å². The van der Waals surface area contributed by atoms with E-state index >= 15 is 0 Å². The van der Waals surface area contributed by atoms with E-state index in [0.717, 1.165) is 55.4 Å². The van der Waals surface area contributed by atoms with Gasteiger partial charge in [0.2, 0.25) is 0 Å². The number of nitrogens with two attached hydrogens (primary N) is 1. The second kappa shape index (κ2) is 7.44. The van der Waals surface area contributed by atoms with E-state index in [4.69, 9.17) is 15.6 Å². The molecule has 7 heteroatoms. The highest BCUT2D eigenvalue weighted by atomic mass is 16.5. The molecule has 0 atom stereocenters. The van der Waals surface area contributed by atoms with Crippen LogP contribution in [0, 0.1) is 0 Å². The molecule has 0 aliphatic carbocycles. The van der Waals surface area contributed by atoms with Gasteiger partial charge in [0.1, 0.15) is 5.82 Å². The standard InChI is InChI=1S/C20H26N6O/c1-24-10-4-3-5-17(24)18-13-20(25-11-8-16(27-2)9-12-25)23-26(18)15-6-7-19(21)22-14-15/h3-7,13-14,16H,8-12H2,1-2H3,(H2,21,22). The van der Waals surface area contributed by atoms with Crippen LogP contribution in [0.3, 0.4) is 0 Å². The Bertz CT molecular complexity index is 846. The Morgan fingerprint density at radius 2 is 2.04 bits per heavy atom. The van der Waals surface area contributed by atoms with Crippen molar-refractivity contribution in [3.05, 3.63) is 48.3 Å². The number of allylic oxidation sites excluding steroid dienone is 2. The van der Waals surface area contributed by atoms with Gasteiger partial charge in [-0.05, 0) is 31.1 Å². The minimum absolute atomic E-state index is 0.349. The number of hydrogen-bond donors (Lipinski definition) is 1. The molecule has 2 aliphatic rings. The summed E-state index contributed by atoms with van der Waals surface area (Å²) in [6.45, 7) is 2.78. The highest BCUT2D eigenvalue weighted by molar-refractivity contribution is 5.68. The van der Waals surface area contributed by atoms with E-state index in [-0.39, 0.29) is 0 Å². The Morgan fingerprint density at radius 3 is 2.70 bits per heavy atom. The number of methoxy groups -OCH3 is 1. The molecule has 0 amide bonds. The fourth-order valence-corrected chi connectivity index (χ4v) is 3.63. The number of hydrogen-bond acceptors (Lipinski definition) is 6. The number of ether oxygens (including phenoxy) is 1. The number of pyridine rings is 1. The molecule has 0 saturated carbocycles. The van der Waals surface area contributed by atoms with Gasteiger partial charge in [-0.3, -0.25) is 0 Å². The summed E-state index contributed by atoms with van der Waals surface area (Å²) in [7, 11) is 3.89. The summed E-state index contributed by atoms with van der Waals surface area (Å²) in [6.07, 6.45) is 10.5. The van der Waals surface area contributed by atoms with Crippen LogP contribution in [-0.4, -0.2) is 59.6 Å². The first-order valence-corrected chi connectivity index (χ1v) is 9.34. The SMILES string of the molecule is COC1CCN(c2cc(C3=CC=CCN3C)n(-c3ccc(N)nc3)n2)CC1. The highest BCUT2D eigenvalue weighted by Crippen LogP contribution is 2.29.